The highest BCUT2D eigenvalue weighted by Crippen LogP contribution is 2.28. The first kappa shape index (κ1) is 22.8. The number of nitrogens with one attached hydrogen (secondary N) is 1. The Balaban J connectivity index is 1.92. The molecule has 6 heteroatoms. The number of esters is 1. The van der Waals surface area contributed by atoms with Crippen molar-refractivity contribution < 1.29 is 19.1 Å². The highest BCUT2D eigenvalue weighted by Gasteiger charge is 2.33. The van der Waals surface area contributed by atoms with Gasteiger partial charge in [-0.1, -0.05) is 37.5 Å². The standard InChI is InChI=1S/C25H32N2O4/c1-16-21(17(2)26-22(16)25(30)31-4)23(28)18(3)27(15-19-11-7-5-8-12-19)24(29)20-13-9-6-10-14-20/h6,9-10,13-14,18-19,26H,5,7-8,11-12,15H2,1-4H3. The largest absolute Gasteiger partial charge is 0.464 e. The number of aromatic amines is 1. The lowest BCUT2D eigenvalue weighted by Gasteiger charge is -2.33. The van der Waals surface area contributed by atoms with E-state index < -0.39 is 12.0 Å². The Morgan fingerprint density at radius 2 is 1.74 bits per heavy atom. The lowest BCUT2D eigenvalue weighted by atomic mass is 9.88. The summed E-state index contributed by atoms with van der Waals surface area (Å²) in [4.78, 5) is 43.7. The van der Waals surface area contributed by atoms with Crippen molar-refractivity contribution in [3.63, 3.8) is 0 Å². The van der Waals surface area contributed by atoms with Gasteiger partial charge in [-0.2, -0.15) is 0 Å². The second kappa shape index (κ2) is 9.94. The fourth-order valence-corrected chi connectivity index (χ4v) is 4.59. The molecule has 1 atom stereocenters. The number of hydrogen-bond donors (Lipinski definition) is 1. The number of carbonyl (C=O) groups excluding carboxylic acids is 3. The molecule has 1 fully saturated rings. The van der Waals surface area contributed by atoms with Crippen molar-refractivity contribution in [2.24, 2.45) is 5.92 Å². The molecular formula is C25H32N2O4. The van der Waals surface area contributed by atoms with Crippen molar-refractivity contribution in [3.05, 3.63) is 58.4 Å². The molecule has 1 unspecified atom stereocenters. The molecule has 2 aromatic rings. The molecule has 1 aliphatic rings. The van der Waals surface area contributed by atoms with Gasteiger partial charge >= 0.3 is 5.97 Å². The van der Waals surface area contributed by atoms with Crippen molar-refractivity contribution >= 4 is 17.7 Å². The van der Waals surface area contributed by atoms with Crippen molar-refractivity contribution in [1.29, 1.82) is 0 Å². The zero-order valence-electron chi connectivity index (χ0n) is 18.9. The van der Waals surface area contributed by atoms with Gasteiger partial charge in [-0.15, -0.1) is 0 Å². The van der Waals surface area contributed by atoms with Crippen LogP contribution in [-0.4, -0.2) is 47.2 Å². The third-order valence-electron chi connectivity index (χ3n) is 6.38. The van der Waals surface area contributed by atoms with Crippen molar-refractivity contribution in [2.75, 3.05) is 13.7 Å². The average molecular weight is 425 g/mol. The number of aromatic nitrogens is 1. The van der Waals surface area contributed by atoms with Gasteiger partial charge < -0.3 is 14.6 Å². The monoisotopic (exact) mass is 424 g/mol. The Morgan fingerprint density at radius 1 is 1.10 bits per heavy atom. The van der Waals surface area contributed by atoms with E-state index in [-0.39, 0.29) is 17.4 Å². The van der Waals surface area contributed by atoms with Crippen LogP contribution in [0.25, 0.3) is 0 Å². The Labute approximate surface area is 184 Å². The maximum atomic E-state index is 13.6. The third-order valence-corrected chi connectivity index (χ3v) is 6.38. The second-order valence-corrected chi connectivity index (χ2v) is 8.48. The van der Waals surface area contributed by atoms with E-state index >= 15 is 0 Å². The first-order valence-corrected chi connectivity index (χ1v) is 11.0. The van der Waals surface area contributed by atoms with Crippen LogP contribution in [0.5, 0.6) is 0 Å². The fraction of sp³-hybridized carbons (Fsp3) is 0.480. The van der Waals surface area contributed by atoms with E-state index in [2.05, 4.69) is 4.98 Å². The molecule has 1 N–H and O–H groups in total. The Morgan fingerprint density at radius 3 is 2.35 bits per heavy atom. The van der Waals surface area contributed by atoms with E-state index in [4.69, 9.17) is 4.74 Å². The molecule has 0 spiro atoms. The minimum absolute atomic E-state index is 0.133. The summed E-state index contributed by atoms with van der Waals surface area (Å²) < 4.78 is 4.82. The quantitative estimate of drug-likeness (QED) is 0.516. The number of Topliss-reactive ketones (excluding diaryl/α,β-unsaturated/α-hetero) is 1. The Hall–Kier alpha value is -2.89. The van der Waals surface area contributed by atoms with Crippen LogP contribution in [0, 0.1) is 19.8 Å². The number of methoxy groups -OCH3 is 1. The van der Waals surface area contributed by atoms with Gasteiger partial charge in [0.2, 0.25) is 0 Å². The lowest BCUT2D eigenvalue weighted by Crippen LogP contribution is -2.46. The van der Waals surface area contributed by atoms with Gasteiger partial charge in [-0.05, 0) is 57.2 Å². The van der Waals surface area contributed by atoms with Crippen LogP contribution >= 0.6 is 0 Å². The summed E-state index contributed by atoms with van der Waals surface area (Å²) in [7, 11) is 1.31. The average Bonchev–Trinajstić information content (AvgIpc) is 3.10. The van der Waals surface area contributed by atoms with Crippen molar-refractivity contribution in [1.82, 2.24) is 9.88 Å². The summed E-state index contributed by atoms with van der Waals surface area (Å²) in [6.07, 6.45) is 5.72. The summed E-state index contributed by atoms with van der Waals surface area (Å²) in [5.41, 5.74) is 2.49. The van der Waals surface area contributed by atoms with E-state index in [1.165, 1.54) is 26.4 Å². The molecule has 1 amide bonds. The number of benzene rings is 1. The normalized spacial score (nSPS) is 15.4. The maximum absolute atomic E-state index is 13.6. The van der Waals surface area contributed by atoms with E-state index in [1.807, 2.05) is 18.2 Å². The zero-order valence-corrected chi connectivity index (χ0v) is 18.9. The summed E-state index contributed by atoms with van der Waals surface area (Å²) in [6, 6.07) is 8.47. The van der Waals surface area contributed by atoms with Crippen molar-refractivity contribution in [2.45, 2.75) is 58.9 Å². The number of hydrogen-bond acceptors (Lipinski definition) is 4. The number of amides is 1. The molecule has 0 radical (unpaired) electrons. The van der Waals surface area contributed by atoms with Crippen LogP contribution in [0.2, 0.25) is 0 Å². The van der Waals surface area contributed by atoms with E-state index in [9.17, 15) is 14.4 Å². The van der Waals surface area contributed by atoms with Gasteiger partial charge in [-0.3, -0.25) is 9.59 Å². The number of ketones is 1. The summed E-state index contributed by atoms with van der Waals surface area (Å²) >= 11 is 0. The predicted octanol–water partition coefficient (Wildman–Crippen LogP) is 4.71. The SMILES string of the molecule is COC(=O)c1[nH]c(C)c(C(=O)C(C)N(CC2CCCCC2)C(=O)c2ccccc2)c1C. The number of carbonyl (C=O) groups is 3. The molecule has 1 saturated carbocycles. The number of ether oxygens (including phenoxy) is 1. The minimum atomic E-state index is -0.645. The van der Waals surface area contributed by atoms with Gasteiger partial charge in [0.05, 0.1) is 13.2 Å². The van der Waals surface area contributed by atoms with Crippen LogP contribution in [0.15, 0.2) is 30.3 Å². The highest BCUT2D eigenvalue weighted by atomic mass is 16.5. The van der Waals surface area contributed by atoms with Gasteiger partial charge in [0.15, 0.2) is 5.78 Å². The highest BCUT2D eigenvalue weighted by molar-refractivity contribution is 6.07. The molecule has 1 aromatic carbocycles. The van der Waals surface area contributed by atoms with E-state index in [1.54, 1.807) is 37.8 Å². The molecule has 0 aliphatic heterocycles. The Bertz CT molecular complexity index is 942. The van der Waals surface area contributed by atoms with E-state index in [0.29, 0.717) is 34.8 Å². The first-order chi connectivity index (χ1) is 14.8. The summed E-state index contributed by atoms with van der Waals surface area (Å²) in [5, 5.41) is 0. The van der Waals surface area contributed by atoms with Crippen LogP contribution in [0.1, 0.15) is 81.5 Å². The molecule has 166 valence electrons. The molecule has 3 rings (SSSR count). The number of H-pyrrole nitrogens is 1. The predicted molar refractivity (Wildman–Crippen MR) is 119 cm³/mol. The molecule has 1 aliphatic carbocycles. The summed E-state index contributed by atoms with van der Waals surface area (Å²) in [6.45, 7) is 5.85. The zero-order chi connectivity index (χ0) is 22.5. The molecular weight excluding hydrogens is 392 g/mol. The van der Waals surface area contributed by atoms with Gasteiger partial charge in [0.1, 0.15) is 5.69 Å². The van der Waals surface area contributed by atoms with E-state index in [0.717, 1.165) is 12.8 Å². The van der Waals surface area contributed by atoms with Gasteiger partial charge in [0, 0.05) is 23.4 Å². The molecule has 0 saturated heterocycles. The van der Waals surface area contributed by atoms with Crippen LogP contribution in [0.4, 0.5) is 0 Å². The first-order valence-electron chi connectivity index (χ1n) is 11.0. The molecule has 0 bridgehead atoms. The molecule has 1 heterocycles. The minimum Gasteiger partial charge on any atom is -0.464 e. The number of rotatable bonds is 7. The number of nitrogens with zero attached hydrogens (tertiary/aromatic N) is 1. The molecule has 1 aromatic heterocycles. The topological polar surface area (TPSA) is 79.5 Å². The van der Waals surface area contributed by atoms with Crippen LogP contribution in [0.3, 0.4) is 0 Å². The van der Waals surface area contributed by atoms with Gasteiger partial charge in [0.25, 0.3) is 5.91 Å². The number of aryl methyl sites for hydroxylation is 1. The smallest absolute Gasteiger partial charge is 0.354 e. The molecule has 31 heavy (non-hydrogen) atoms. The Kier molecular flexibility index (Phi) is 7.31. The van der Waals surface area contributed by atoms with Crippen LogP contribution in [-0.2, 0) is 4.74 Å². The van der Waals surface area contributed by atoms with Crippen LogP contribution < -0.4 is 0 Å². The lowest BCUT2D eigenvalue weighted by molar-refractivity contribution is 0.0577. The van der Waals surface area contributed by atoms with Crippen molar-refractivity contribution in [3.8, 4) is 0 Å². The summed E-state index contributed by atoms with van der Waals surface area (Å²) in [5.74, 6) is -0.407. The fourth-order valence-electron chi connectivity index (χ4n) is 4.59. The second-order valence-electron chi connectivity index (χ2n) is 8.48. The van der Waals surface area contributed by atoms with Gasteiger partial charge in [-0.25, -0.2) is 4.79 Å². The maximum Gasteiger partial charge on any atom is 0.354 e. The molecule has 6 nitrogen and oxygen atoms in total. The third kappa shape index (κ3) is 4.89.